The molecule has 1 aromatic carbocycles. The van der Waals surface area contributed by atoms with E-state index in [9.17, 15) is 13.2 Å². The van der Waals surface area contributed by atoms with E-state index in [1.54, 1.807) is 6.92 Å². The quantitative estimate of drug-likeness (QED) is 0.898. The van der Waals surface area contributed by atoms with E-state index in [1.165, 1.54) is 13.3 Å². The Morgan fingerprint density at radius 2 is 2.05 bits per heavy atom. The summed E-state index contributed by atoms with van der Waals surface area (Å²) < 4.78 is 30.2. The van der Waals surface area contributed by atoms with Crippen molar-refractivity contribution in [2.75, 3.05) is 19.5 Å². The number of hydrogen-bond donors (Lipinski definition) is 1. The Kier molecular flexibility index (Phi) is 4.54. The number of sulfonamides is 1. The molecule has 1 heterocycles. The van der Waals surface area contributed by atoms with E-state index >= 15 is 0 Å². The third-order valence-electron chi connectivity index (χ3n) is 3.09. The van der Waals surface area contributed by atoms with Gasteiger partial charge in [0.25, 0.3) is 5.91 Å². The van der Waals surface area contributed by atoms with Gasteiger partial charge in [-0.3, -0.25) is 9.78 Å². The molecule has 6 nitrogen and oxygen atoms in total. The molecule has 7 heteroatoms. The molecule has 0 aliphatic carbocycles. The van der Waals surface area contributed by atoms with Crippen LogP contribution in [0.4, 0.5) is 0 Å². The van der Waals surface area contributed by atoms with Gasteiger partial charge in [0.15, 0.2) is 0 Å². The number of aryl methyl sites for hydroxylation is 1. The Morgan fingerprint density at radius 3 is 2.76 bits per heavy atom. The van der Waals surface area contributed by atoms with Crippen molar-refractivity contribution >= 4 is 26.8 Å². The fourth-order valence-corrected chi connectivity index (χ4v) is 2.83. The number of pyridine rings is 1. The highest BCUT2D eigenvalue weighted by Gasteiger charge is 2.18. The summed E-state index contributed by atoms with van der Waals surface area (Å²) in [7, 11) is -2.32. The number of nitrogens with zero attached hydrogens (tertiary/aromatic N) is 1. The Balaban J connectivity index is 2.30. The molecule has 1 amide bonds. The SMILES string of the molecule is COCCS(=O)(=O)NC(=O)c1cnc2ccccc2c1C. The van der Waals surface area contributed by atoms with Gasteiger partial charge in [-0.05, 0) is 18.6 Å². The van der Waals surface area contributed by atoms with Crippen molar-refractivity contribution in [3.05, 3.63) is 41.6 Å². The van der Waals surface area contributed by atoms with E-state index in [1.807, 2.05) is 29.0 Å². The second-order valence-corrected chi connectivity index (χ2v) is 6.40. The Hall–Kier alpha value is -1.99. The lowest BCUT2D eigenvalue weighted by molar-refractivity contribution is 0.0980. The lowest BCUT2D eigenvalue weighted by Gasteiger charge is -2.10. The number of methoxy groups -OCH3 is 1. The van der Waals surface area contributed by atoms with Crippen molar-refractivity contribution in [1.82, 2.24) is 9.71 Å². The first-order valence-electron chi connectivity index (χ1n) is 6.33. The normalized spacial score (nSPS) is 11.5. The molecule has 0 aliphatic heterocycles. The Labute approximate surface area is 123 Å². The number of fused-ring (bicyclic) bond motifs is 1. The monoisotopic (exact) mass is 308 g/mol. The lowest BCUT2D eigenvalue weighted by Crippen LogP contribution is -2.34. The highest BCUT2D eigenvalue weighted by atomic mass is 32.2. The third-order valence-corrected chi connectivity index (χ3v) is 4.29. The van der Waals surface area contributed by atoms with Crippen molar-refractivity contribution in [2.24, 2.45) is 0 Å². The van der Waals surface area contributed by atoms with Crippen LogP contribution < -0.4 is 4.72 Å². The van der Waals surface area contributed by atoms with Crippen LogP contribution in [0.25, 0.3) is 10.9 Å². The lowest BCUT2D eigenvalue weighted by atomic mass is 10.1. The topological polar surface area (TPSA) is 85.4 Å². The number of aromatic nitrogens is 1. The van der Waals surface area contributed by atoms with Gasteiger partial charge < -0.3 is 4.74 Å². The molecule has 0 bridgehead atoms. The number of benzene rings is 1. The minimum Gasteiger partial charge on any atom is -0.384 e. The van der Waals surface area contributed by atoms with Gasteiger partial charge in [-0.25, -0.2) is 13.1 Å². The van der Waals surface area contributed by atoms with Gasteiger partial charge >= 0.3 is 0 Å². The summed E-state index contributed by atoms with van der Waals surface area (Å²) in [5.74, 6) is -0.947. The molecule has 1 aromatic heterocycles. The van der Waals surface area contributed by atoms with Crippen molar-refractivity contribution in [2.45, 2.75) is 6.92 Å². The minimum absolute atomic E-state index is 0.0254. The van der Waals surface area contributed by atoms with Crippen LogP contribution in [0.3, 0.4) is 0 Å². The number of para-hydroxylation sites is 1. The van der Waals surface area contributed by atoms with Gasteiger partial charge in [-0.2, -0.15) is 0 Å². The molecular formula is C14H16N2O4S. The summed E-state index contributed by atoms with van der Waals surface area (Å²) >= 11 is 0. The molecule has 0 spiro atoms. The molecule has 0 saturated carbocycles. The smallest absolute Gasteiger partial charge is 0.266 e. The zero-order valence-corrected chi connectivity index (χ0v) is 12.6. The average molecular weight is 308 g/mol. The van der Waals surface area contributed by atoms with Crippen molar-refractivity contribution in [1.29, 1.82) is 0 Å². The summed E-state index contributed by atoms with van der Waals surface area (Å²) in [6, 6.07) is 7.37. The maximum Gasteiger partial charge on any atom is 0.266 e. The largest absolute Gasteiger partial charge is 0.384 e. The van der Waals surface area contributed by atoms with Crippen LogP contribution in [-0.2, 0) is 14.8 Å². The Bertz CT molecular complexity index is 772. The molecule has 0 aliphatic rings. The number of carbonyl (C=O) groups is 1. The van der Waals surface area contributed by atoms with Crippen LogP contribution in [0.5, 0.6) is 0 Å². The maximum absolute atomic E-state index is 12.1. The van der Waals surface area contributed by atoms with E-state index in [4.69, 9.17) is 4.74 Å². The molecule has 2 aromatic rings. The zero-order valence-electron chi connectivity index (χ0n) is 11.8. The number of amides is 1. The number of rotatable bonds is 5. The molecular weight excluding hydrogens is 292 g/mol. The predicted molar refractivity (Wildman–Crippen MR) is 79.6 cm³/mol. The average Bonchev–Trinajstić information content (AvgIpc) is 2.45. The summed E-state index contributed by atoms with van der Waals surface area (Å²) in [5.41, 5.74) is 1.70. The second-order valence-electron chi connectivity index (χ2n) is 4.56. The van der Waals surface area contributed by atoms with E-state index in [0.29, 0.717) is 5.56 Å². The van der Waals surface area contributed by atoms with E-state index in [0.717, 1.165) is 10.9 Å². The van der Waals surface area contributed by atoms with Crippen molar-refractivity contribution < 1.29 is 17.9 Å². The predicted octanol–water partition coefficient (Wildman–Crippen LogP) is 1.25. The minimum atomic E-state index is -3.71. The number of hydrogen-bond acceptors (Lipinski definition) is 5. The van der Waals surface area contributed by atoms with Crippen LogP contribution >= 0.6 is 0 Å². The van der Waals surface area contributed by atoms with Crippen LogP contribution in [0.1, 0.15) is 15.9 Å². The molecule has 0 unspecified atom stereocenters. The van der Waals surface area contributed by atoms with E-state index in [2.05, 4.69) is 4.98 Å². The van der Waals surface area contributed by atoms with Crippen LogP contribution in [0.2, 0.25) is 0 Å². The summed E-state index contributed by atoms with van der Waals surface area (Å²) in [6.07, 6.45) is 1.39. The first-order chi connectivity index (χ1) is 9.94. The molecule has 0 radical (unpaired) electrons. The van der Waals surface area contributed by atoms with E-state index < -0.39 is 15.9 Å². The number of carbonyl (C=O) groups excluding carboxylic acids is 1. The van der Waals surface area contributed by atoms with Crippen LogP contribution in [0.15, 0.2) is 30.5 Å². The molecule has 1 N–H and O–H groups in total. The molecule has 21 heavy (non-hydrogen) atoms. The maximum atomic E-state index is 12.1. The van der Waals surface area contributed by atoms with Gasteiger partial charge in [-0.15, -0.1) is 0 Å². The van der Waals surface area contributed by atoms with Gasteiger partial charge in [0.2, 0.25) is 10.0 Å². The number of nitrogens with one attached hydrogen (secondary N) is 1. The molecule has 2 rings (SSSR count). The van der Waals surface area contributed by atoms with Crippen LogP contribution in [-0.4, -0.2) is 38.8 Å². The highest BCUT2D eigenvalue weighted by Crippen LogP contribution is 2.19. The first-order valence-corrected chi connectivity index (χ1v) is 7.98. The zero-order chi connectivity index (χ0) is 15.5. The third kappa shape index (κ3) is 3.56. The van der Waals surface area contributed by atoms with Gasteiger partial charge in [0, 0.05) is 18.7 Å². The fourth-order valence-electron chi connectivity index (χ4n) is 1.95. The second kappa shape index (κ2) is 6.19. The molecule has 0 fully saturated rings. The summed E-state index contributed by atoms with van der Waals surface area (Å²) in [4.78, 5) is 16.3. The molecule has 0 saturated heterocycles. The first kappa shape index (κ1) is 15.4. The van der Waals surface area contributed by atoms with Gasteiger partial charge in [0.1, 0.15) is 0 Å². The molecule has 0 atom stereocenters. The summed E-state index contributed by atoms with van der Waals surface area (Å²) in [6.45, 7) is 1.79. The van der Waals surface area contributed by atoms with Crippen molar-refractivity contribution in [3.8, 4) is 0 Å². The van der Waals surface area contributed by atoms with Gasteiger partial charge in [0.05, 0.1) is 23.4 Å². The highest BCUT2D eigenvalue weighted by molar-refractivity contribution is 7.90. The Morgan fingerprint density at radius 1 is 1.33 bits per heavy atom. The summed E-state index contributed by atoms with van der Waals surface area (Å²) in [5, 5.41) is 0.819. The molecule has 112 valence electrons. The number of ether oxygens (including phenoxy) is 1. The van der Waals surface area contributed by atoms with E-state index in [-0.39, 0.29) is 17.9 Å². The van der Waals surface area contributed by atoms with Crippen LogP contribution in [0, 0.1) is 6.92 Å². The fraction of sp³-hybridized carbons (Fsp3) is 0.286. The standard InChI is InChI=1S/C14H16N2O4S/c1-10-11-5-3-4-6-13(11)15-9-12(10)14(17)16-21(18,19)8-7-20-2/h3-6,9H,7-8H2,1-2H3,(H,16,17). The van der Waals surface area contributed by atoms with Crippen molar-refractivity contribution in [3.63, 3.8) is 0 Å². The van der Waals surface area contributed by atoms with Gasteiger partial charge in [-0.1, -0.05) is 18.2 Å².